The van der Waals surface area contributed by atoms with Gasteiger partial charge in [-0.1, -0.05) is 0 Å². The van der Waals surface area contributed by atoms with Crippen LogP contribution in [0.4, 0.5) is 5.95 Å². The van der Waals surface area contributed by atoms with Gasteiger partial charge in [0.2, 0.25) is 5.95 Å². The molecule has 0 atom stereocenters. The summed E-state index contributed by atoms with van der Waals surface area (Å²) in [5, 5.41) is 6.48. The summed E-state index contributed by atoms with van der Waals surface area (Å²) in [5.41, 5.74) is 2.12. The van der Waals surface area contributed by atoms with Crippen molar-refractivity contribution in [1.82, 2.24) is 14.5 Å². The highest BCUT2D eigenvalue weighted by atomic mass is 32.1. The van der Waals surface area contributed by atoms with Gasteiger partial charge < -0.3 is 9.88 Å². The monoisotopic (exact) mass is 236 g/mol. The first kappa shape index (κ1) is 11.1. The van der Waals surface area contributed by atoms with Crippen molar-refractivity contribution < 1.29 is 0 Å². The van der Waals surface area contributed by atoms with Gasteiger partial charge in [-0.05, 0) is 20.8 Å². The number of nitrogens with one attached hydrogen (secondary N) is 1. The molecular weight excluding hydrogens is 220 g/mol. The first-order valence-corrected chi connectivity index (χ1v) is 6.25. The molecular formula is C11H16N4S. The number of hydrogen-bond acceptors (Lipinski definition) is 4. The van der Waals surface area contributed by atoms with E-state index in [1.54, 1.807) is 11.3 Å². The second kappa shape index (κ2) is 4.65. The standard InChI is InChI=1S/C11H16N4S/c1-4-15-6-8(2)14-11(15)12-5-10-13-9(3)7-16-10/h6-7H,4-5H2,1-3H3,(H,12,14). The zero-order chi connectivity index (χ0) is 11.5. The Labute approximate surface area is 99.4 Å². The second-order valence-corrected chi connectivity index (χ2v) is 4.67. The van der Waals surface area contributed by atoms with Crippen LogP contribution in [0.3, 0.4) is 0 Å². The van der Waals surface area contributed by atoms with E-state index >= 15 is 0 Å². The van der Waals surface area contributed by atoms with Gasteiger partial charge in [0.25, 0.3) is 0 Å². The van der Waals surface area contributed by atoms with Gasteiger partial charge >= 0.3 is 0 Å². The summed E-state index contributed by atoms with van der Waals surface area (Å²) >= 11 is 1.68. The van der Waals surface area contributed by atoms with Crippen LogP contribution in [0.25, 0.3) is 0 Å². The highest BCUT2D eigenvalue weighted by Crippen LogP contribution is 2.12. The lowest BCUT2D eigenvalue weighted by Crippen LogP contribution is -2.06. The summed E-state index contributed by atoms with van der Waals surface area (Å²) in [5.74, 6) is 0.924. The van der Waals surface area contributed by atoms with E-state index in [0.29, 0.717) is 0 Å². The van der Waals surface area contributed by atoms with E-state index in [1.807, 2.05) is 13.8 Å². The zero-order valence-corrected chi connectivity index (χ0v) is 10.6. The molecule has 5 heteroatoms. The van der Waals surface area contributed by atoms with E-state index in [2.05, 4.69) is 38.4 Å². The summed E-state index contributed by atoms with van der Waals surface area (Å²) in [7, 11) is 0. The molecule has 4 nitrogen and oxygen atoms in total. The maximum atomic E-state index is 4.43. The molecule has 0 saturated heterocycles. The first-order chi connectivity index (χ1) is 7.69. The predicted molar refractivity (Wildman–Crippen MR) is 66.8 cm³/mol. The SMILES string of the molecule is CCn1cc(C)nc1NCc1nc(C)cs1. The van der Waals surface area contributed by atoms with Gasteiger partial charge in [0.1, 0.15) is 5.01 Å². The Hall–Kier alpha value is -1.36. The summed E-state index contributed by atoms with van der Waals surface area (Å²) in [6.45, 7) is 7.80. The molecule has 2 heterocycles. The number of imidazole rings is 1. The van der Waals surface area contributed by atoms with Crippen LogP contribution in [-0.2, 0) is 13.1 Å². The Morgan fingerprint density at radius 1 is 1.31 bits per heavy atom. The van der Waals surface area contributed by atoms with Crippen LogP contribution in [0.15, 0.2) is 11.6 Å². The fourth-order valence-electron chi connectivity index (χ4n) is 1.57. The number of hydrogen-bond donors (Lipinski definition) is 1. The topological polar surface area (TPSA) is 42.7 Å². The molecule has 0 aliphatic rings. The molecule has 16 heavy (non-hydrogen) atoms. The maximum absolute atomic E-state index is 4.43. The third kappa shape index (κ3) is 2.41. The van der Waals surface area contributed by atoms with E-state index in [9.17, 15) is 0 Å². The molecule has 0 amide bonds. The minimum Gasteiger partial charge on any atom is -0.349 e. The van der Waals surface area contributed by atoms with Crippen LogP contribution in [0.5, 0.6) is 0 Å². The Morgan fingerprint density at radius 3 is 2.75 bits per heavy atom. The molecule has 0 aliphatic heterocycles. The van der Waals surface area contributed by atoms with Gasteiger partial charge in [-0.25, -0.2) is 9.97 Å². The van der Waals surface area contributed by atoms with Crippen molar-refractivity contribution in [2.75, 3.05) is 5.32 Å². The van der Waals surface area contributed by atoms with Crippen molar-refractivity contribution in [3.8, 4) is 0 Å². The minimum atomic E-state index is 0.745. The lowest BCUT2D eigenvalue weighted by atomic mass is 10.5. The lowest BCUT2D eigenvalue weighted by molar-refractivity contribution is 0.762. The van der Waals surface area contributed by atoms with Crippen LogP contribution in [0.2, 0.25) is 0 Å². The minimum absolute atomic E-state index is 0.745. The van der Waals surface area contributed by atoms with Gasteiger partial charge in [-0.2, -0.15) is 0 Å². The Bertz CT molecular complexity index is 472. The molecule has 86 valence electrons. The molecule has 2 aromatic rings. The van der Waals surface area contributed by atoms with E-state index in [-0.39, 0.29) is 0 Å². The molecule has 0 bridgehead atoms. The lowest BCUT2D eigenvalue weighted by Gasteiger charge is -2.05. The van der Waals surface area contributed by atoms with Crippen LogP contribution in [-0.4, -0.2) is 14.5 Å². The molecule has 0 unspecified atom stereocenters. The van der Waals surface area contributed by atoms with Gasteiger partial charge in [-0.15, -0.1) is 11.3 Å². The number of anilines is 1. The maximum Gasteiger partial charge on any atom is 0.203 e. The molecule has 0 radical (unpaired) electrons. The summed E-state index contributed by atoms with van der Waals surface area (Å²) < 4.78 is 2.11. The molecule has 0 spiro atoms. The Balaban J connectivity index is 2.04. The van der Waals surface area contributed by atoms with E-state index < -0.39 is 0 Å². The van der Waals surface area contributed by atoms with Crippen molar-refractivity contribution in [3.05, 3.63) is 28.0 Å². The number of thiazole rings is 1. The van der Waals surface area contributed by atoms with Gasteiger partial charge in [0, 0.05) is 23.8 Å². The molecule has 2 rings (SSSR count). The van der Waals surface area contributed by atoms with E-state index in [4.69, 9.17) is 0 Å². The fraction of sp³-hybridized carbons (Fsp3) is 0.455. The van der Waals surface area contributed by atoms with Crippen LogP contribution < -0.4 is 5.32 Å². The van der Waals surface area contributed by atoms with Gasteiger partial charge in [0.05, 0.1) is 12.2 Å². The Morgan fingerprint density at radius 2 is 2.12 bits per heavy atom. The number of nitrogens with zero attached hydrogens (tertiary/aromatic N) is 3. The van der Waals surface area contributed by atoms with Crippen molar-refractivity contribution in [1.29, 1.82) is 0 Å². The molecule has 0 fully saturated rings. The van der Waals surface area contributed by atoms with Crippen molar-refractivity contribution in [3.63, 3.8) is 0 Å². The average Bonchev–Trinajstić information content (AvgIpc) is 2.81. The van der Waals surface area contributed by atoms with E-state index in [1.165, 1.54) is 0 Å². The highest BCUT2D eigenvalue weighted by molar-refractivity contribution is 7.09. The zero-order valence-electron chi connectivity index (χ0n) is 9.82. The smallest absolute Gasteiger partial charge is 0.203 e. The Kier molecular flexibility index (Phi) is 3.24. The molecule has 0 saturated carbocycles. The molecule has 0 aromatic carbocycles. The molecule has 2 aromatic heterocycles. The number of aromatic nitrogens is 3. The largest absolute Gasteiger partial charge is 0.349 e. The highest BCUT2D eigenvalue weighted by Gasteiger charge is 2.04. The third-order valence-electron chi connectivity index (χ3n) is 2.30. The van der Waals surface area contributed by atoms with Crippen LogP contribution in [0, 0.1) is 13.8 Å². The average molecular weight is 236 g/mol. The molecule has 0 aliphatic carbocycles. The van der Waals surface area contributed by atoms with Crippen molar-refractivity contribution in [2.45, 2.75) is 33.9 Å². The quantitative estimate of drug-likeness (QED) is 0.887. The van der Waals surface area contributed by atoms with Crippen molar-refractivity contribution in [2.24, 2.45) is 0 Å². The summed E-state index contributed by atoms with van der Waals surface area (Å²) in [6, 6.07) is 0. The van der Waals surface area contributed by atoms with Gasteiger partial charge in [-0.3, -0.25) is 0 Å². The normalized spacial score (nSPS) is 10.7. The number of rotatable bonds is 4. The predicted octanol–water partition coefficient (Wildman–Crippen LogP) is 2.59. The fourth-order valence-corrected chi connectivity index (χ4v) is 2.28. The second-order valence-electron chi connectivity index (χ2n) is 3.73. The van der Waals surface area contributed by atoms with Crippen LogP contribution >= 0.6 is 11.3 Å². The van der Waals surface area contributed by atoms with Crippen molar-refractivity contribution >= 4 is 17.3 Å². The summed E-state index contributed by atoms with van der Waals surface area (Å²) in [6.07, 6.45) is 2.05. The van der Waals surface area contributed by atoms with Crippen LogP contribution in [0.1, 0.15) is 23.3 Å². The third-order valence-corrected chi connectivity index (χ3v) is 3.27. The first-order valence-electron chi connectivity index (χ1n) is 5.37. The van der Waals surface area contributed by atoms with E-state index in [0.717, 1.165) is 35.4 Å². The van der Waals surface area contributed by atoms with Gasteiger partial charge in [0.15, 0.2) is 0 Å². The summed E-state index contributed by atoms with van der Waals surface area (Å²) in [4.78, 5) is 8.84. The number of aryl methyl sites for hydroxylation is 3. The molecule has 1 N–H and O–H groups in total.